The van der Waals surface area contributed by atoms with Gasteiger partial charge in [0.15, 0.2) is 0 Å². The van der Waals surface area contributed by atoms with Crippen molar-refractivity contribution in [3.05, 3.63) is 106 Å². The molecular formula is C30H36N2O2. The first kappa shape index (κ1) is 25.2. The van der Waals surface area contributed by atoms with Gasteiger partial charge in [-0.25, -0.2) is 0 Å². The van der Waals surface area contributed by atoms with Gasteiger partial charge in [0.05, 0.1) is 12.4 Å². The van der Waals surface area contributed by atoms with Gasteiger partial charge in [-0.05, 0) is 44.2 Å². The Labute approximate surface area is 204 Å². The molecule has 0 aliphatic carbocycles. The smallest absolute Gasteiger partial charge is 0.142 e. The molecule has 0 heterocycles. The minimum atomic E-state index is 0.147. The summed E-state index contributed by atoms with van der Waals surface area (Å²) in [5.74, 6) is 0. The largest absolute Gasteiger partial charge is 0.391 e. The Morgan fingerprint density at radius 3 is 1.15 bits per heavy atom. The summed E-state index contributed by atoms with van der Waals surface area (Å²) in [6.07, 6.45) is 3.48. The summed E-state index contributed by atoms with van der Waals surface area (Å²) in [7, 11) is 0. The van der Waals surface area contributed by atoms with Crippen molar-refractivity contribution in [3.63, 3.8) is 0 Å². The predicted molar refractivity (Wildman–Crippen MR) is 141 cm³/mol. The molecule has 0 spiro atoms. The standard InChI is InChI=1S/C30H36N2O2/c1-29(2,3)27-15-11-23(12-16-27)19-31-33-21-25-7-9-26(10-8-25)22-34-32-20-24-13-17-28(18-14-24)30(4,5)6/h7-20H,21-22H2,1-6H3. The van der Waals surface area contributed by atoms with Gasteiger partial charge >= 0.3 is 0 Å². The molecule has 0 aliphatic rings. The van der Waals surface area contributed by atoms with Crippen molar-refractivity contribution in [2.75, 3.05) is 0 Å². The van der Waals surface area contributed by atoms with E-state index < -0.39 is 0 Å². The highest BCUT2D eigenvalue weighted by Gasteiger charge is 2.13. The lowest BCUT2D eigenvalue weighted by atomic mass is 9.87. The number of oxime groups is 2. The fourth-order valence-corrected chi connectivity index (χ4v) is 3.29. The maximum atomic E-state index is 5.45. The van der Waals surface area contributed by atoms with Crippen molar-refractivity contribution >= 4 is 12.4 Å². The third kappa shape index (κ3) is 7.87. The fraction of sp³-hybridized carbons (Fsp3) is 0.333. The minimum absolute atomic E-state index is 0.147. The van der Waals surface area contributed by atoms with Gasteiger partial charge in [0.1, 0.15) is 13.2 Å². The third-order valence-electron chi connectivity index (χ3n) is 5.59. The van der Waals surface area contributed by atoms with Gasteiger partial charge < -0.3 is 9.68 Å². The topological polar surface area (TPSA) is 43.2 Å². The van der Waals surface area contributed by atoms with Gasteiger partial charge in [0.2, 0.25) is 0 Å². The lowest BCUT2D eigenvalue weighted by molar-refractivity contribution is 0.130. The third-order valence-corrected chi connectivity index (χ3v) is 5.59. The molecule has 0 atom stereocenters. The highest BCUT2D eigenvalue weighted by Crippen LogP contribution is 2.22. The maximum absolute atomic E-state index is 5.45. The summed E-state index contributed by atoms with van der Waals surface area (Å²) in [6, 6.07) is 24.8. The molecule has 0 amide bonds. The summed E-state index contributed by atoms with van der Waals surface area (Å²) < 4.78 is 0. The first-order valence-corrected chi connectivity index (χ1v) is 11.7. The Kier molecular flexibility index (Phi) is 8.27. The van der Waals surface area contributed by atoms with Gasteiger partial charge in [0, 0.05) is 0 Å². The molecule has 178 valence electrons. The second kappa shape index (κ2) is 11.1. The molecule has 0 bridgehead atoms. The van der Waals surface area contributed by atoms with Crippen LogP contribution in [0.25, 0.3) is 0 Å². The van der Waals surface area contributed by atoms with Gasteiger partial charge in [0.25, 0.3) is 0 Å². The van der Waals surface area contributed by atoms with E-state index >= 15 is 0 Å². The van der Waals surface area contributed by atoms with E-state index in [0.717, 1.165) is 22.3 Å². The van der Waals surface area contributed by atoms with E-state index in [-0.39, 0.29) is 10.8 Å². The molecule has 0 fully saturated rings. The monoisotopic (exact) mass is 456 g/mol. The summed E-state index contributed by atoms with van der Waals surface area (Å²) in [4.78, 5) is 10.9. The zero-order valence-corrected chi connectivity index (χ0v) is 21.2. The Balaban J connectivity index is 1.41. The summed E-state index contributed by atoms with van der Waals surface area (Å²) in [5, 5.41) is 8.18. The van der Waals surface area contributed by atoms with Crippen LogP contribution in [0.4, 0.5) is 0 Å². The van der Waals surface area contributed by atoms with Gasteiger partial charge in [-0.1, -0.05) is 125 Å². The van der Waals surface area contributed by atoms with E-state index in [4.69, 9.17) is 9.68 Å². The lowest BCUT2D eigenvalue weighted by Crippen LogP contribution is -2.10. The van der Waals surface area contributed by atoms with Crippen molar-refractivity contribution in [1.29, 1.82) is 0 Å². The highest BCUT2D eigenvalue weighted by molar-refractivity contribution is 5.79. The molecule has 0 unspecified atom stereocenters. The molecule has 4 nitrogen and oxygen atoms in total. The molecule has 0 aliphatic heterocycles. The van der Waals surface area contributed by atoms with Crippen molar-refractivity contribution in [1.82, 2.24) is 0 Å². The predicted octanol–water partition coefficient (Wildman–Crippen LogP) is 7.38. The van der Waals surface area contributed by atoms with Crippen LogP contribution in [0.2, 0.25) is 0 Å². The zero-order chi connectivity index (χ0) is 24.6. The van der Waals surface area contributed by atoms with E-state index in [0.29, 0.717) is 13.2 Å². The number of benzene rings is 3. The SMILES string of the molecule is CC(C)(C)c1ccc(C=NOCc2ccc(CON=Cc3ccc(C(C)(C)C)cc3)cc2)cc1. The normalized spacial score (nSPS) is 12.4. The van der Waals surface area contributed by atoms with Crippen LogP contribution in [0.1, 0.15) is 74.9 Å². The van der Waals surface area contributed by atoms with Crippen LogP contribution < -0.4 is 0 Å². The molecule has 0 radical (unpaired) electrons. The second-order valence-corrected chi connectivity index (χ2v) is 10.6. The molecule has 0 N–H and O–H groups in total. The Morgan fingerprint density at radius 2 is 0.853 bits per heavy atom. The fourth-order valence-electron chi connectivity index (χ4n) is 3.29. The maximum Gasteiger partial charge on any atom is 0.142 e. The van der Waals surface area contributed by atoms with Crippen LogP contribution in [0.15, 0.2) is 83.1 Å². The van der Waals surface area contributed by atoms with Crippen molar-refractivity contribution in [3.8, 4) is 0 Å². The molecule has 0 saturated heterocycles. The van der Waals surface area contributed by atoms with E-state index in [1.165, 1.54) is 11.1 Å². The van der Waals surface area contributed by atoms with Crippen LogP contribution >= 0.6 is 0 Å². The van der Waals surface area contributed by atoms with Crippen LogP contribution in [0.3, 0.4) is 0 Å². The molecule has 3 aromatic rings. The Bertz CT molecular complexity index is 993. The number of hydrogen-bond donors (Lipinski definition) is 0. The Hall–Kier alpha value is -3.40. The molecular weight excluding hydrogens is 420 g/mol. The summed E-state index contributed by atoms with van der Waals surface area (Å²) >= 11 is 0. The van der Waals surface area contributed by atoms with Crippen LogP contribution in [0, 0.1) is 0 Å². The number of rotatable bonds is 8. The van der Waals surface area contributed by atoms with Crippen molar-refractivity contribution in [2.45, 2.75) is 65.6 Å². The Morgan fingerprint density at radius 1 is 0.529 bits per heavy atom. The summed E-state index contributed by atoms with van der Waals surface area (Å²) in [6.45, 7) is 14.1. The lowest BCUT2D eigenvalue weighted by Gasteiger charge is -2.18. The first-order chi connectivity index (χ1) is 16.1. The summed E-state index contributed by atoms with van der Waals surface area (Å²) in [5.41, 5.74) is 7.03. The second-order valence-electron chi connectivity index (χ2n) is 10.6. The van der Waals surface area contributed by atoms with Gasteiger partial charge in [-0.15, -0.1) is 0 Å². The van der Waals surface area contributed by atoms with Crippen LogP contribution in [0.5, 0.6) is 0 Å². The van der Waals surface area contributed by atoms with Gasteiger partial charge in [-0.3, -0.25) is 0 Å². The van der Waals surface area contributed by atoms with Crippen LogP contribution in [-0.2, 0) is 33.7 Å². The highest BCUT2D eigenvalue weighted by atomic mass is 16.6. The van der Waals surface area contributed by atoms with E-state index in [1.54, 1.807) is 12.4 Å². The average Bonchev–Trinajstić information content (AvgIpc) is 2.80. The van der Waals surface area contributed by atoms with Crippen LogP contribution in [-0.4, -0.2) is 12.4 Å². The molecule has 3 aromatic carbocycles. The first-order valence-electron chi connectivity index (χ1n) is 11.7. The van der Waals surface area contributed by atoms with Crippen molar-refractivity contribution < 1.29 is 9.68 Å². The number of hydrogen-bond acceptors (Lipinski definition) is 4. The molecule has 0 saturated carbocycles. The molecule has 34 heavy (non-hydrogen) atoms. The quantitative estimate of drug-likeness (QED) is 0.262. The zero-order valence-electron chi connectivity index (χ0n) is 21.2. The number of nitrogens with zero attached hydrogens (tertiary/aromatic N) is 2. The van der Waals surface area contributed by atoms with E-state index in [2.05, 4.69) is 100 Å². The molecule has 3 rings (SSSR count). The minimum Gasteiger partial charge on any atom is -0.391 e. The van der Waals surface area contributed by atoms with E-state index in [9.17, 15) is 0 Å². The van der Waals surface area contributed by atoms with E-state index in [1.807, 2.05) is 24.3 Å². The molecule has 4 heteroatoms. The van der Waals surface area contributed by atoms with Crippen molar-refractivity contribution in [2.24, 2.45) is 10.3 Å². The average molecular weight is 457 g/mol. The molecule has 0 aromatic heterocycles. The van der Waals surface area contributed by atoms with Gasteiger partial charge in [-0.2, -0.15) is 0 Å².